The van der Waals surface area contributed by atoms with Gasteiger partial charge in [0.1, 0.15) is 18.0 Å². The summed E-state index contributed by atoms with van der Waals surface area (Å²) in [5.74, 6) is -0.116. The van der Waals surface area contributed by atoms with Gasteiger partial charge in [-0.25, -0.2) is 4.79 Å². The first-order chi connectivity index (χ1) is 20.7. The van der Waals surface area contributed by atoms with Gasteiger partial charge in [-0.15, -0.1) is 0 Å². The third-order valence-corrected chi connectivity index (χ3v) is 7.57. The number of carbonyl (C=O) groups excluding carboxylic acids is 2. The van der Waals surface area contributed by atoms with Crippen molar-refractivity contribution in [1.29, 1.82) is 0 Å². The largest absolute Gasteiger partial charge is 0.489 e. The summed E-state index contributed by atoms with van der Waals surface area (Å²) in [6, 6.07) is 36.6. The van der Waals surface area contributed by atoms with E-state index in [0.717, 1.165) is 40.0 Å². The van der Waals surface area contributed by atoms with Crippen molar-refractivity contribution in [3.8, 4) is 16.9 Å². The maximum Gasteiger partial charge on any atom is 0.410 e. The lowest BCUT2D eigenvalue weighted by molar-refractivity contribution is -0.145. The lowest BCUT2D eigenvalue weighted by Crippen LogP contribution is -2.42. The molecule has 0 saturated carbocycles. The number of cyclic esters (lactones) is 1. The van der Waals surface area contributed by atoms with E-state index in [1.165, 1.54) is 0 Å². The van der Waals surface area contributed by atoms with Crippen molar-refractivity contribution in [2.75, 3.05) is 0 Å². The fraction of sp³-hybridized carbons (Fsp3) is 0.297. The van der Waals surface area contributed by atoms with Gasteiger partial charge in [0.2, 0.25) is 0 Å². The molecule has 222 valence electrons. The van der Waals surface area contributed by atoms with Crippen LogP contribution >= 0.6 is 0 Å². The zero-order chi connectivity index (χ0) is 30.2. The number of carbonyl (C=O) groups is 2. The van der Waals surface area contributed by atoms with Gasteiger partial charge in [-0.05, 0) is 80.0 Å². The summed E-state index contributed by atoms with van der Waals surface area (Å²) < 4.78 is 17.1. The maximum absolute atomic E-state index is 13.2. The number of hydrogen-bond donors (Lipinski definition) is 1. The molecule has 5 rings (SSSR count). The molecule has 43 heavy (non-hydrogen) atoms. The highest BCUT2D eigenvalue weighted by Crippen LogP contribution is 2.34. The van der Waals surface area contributed by atoms with Gasteiger partial charge in [0.25, 0.3) is 0 Å². The molecule has 1 N–H and O–H groups in total. The Balaban J connectivity index is 1.26. The number of rotatable bonds is 10. The summed E-state index contributed by atoms with van der Waals surface area (Å²) in [6.07, 6.45) is 0.545. The molecule has 1 amide bonds. The molecule has 0 bridgehead atoms. The van der Waals surface area contributed by atoms with E-state index < -0.39 is 23.8 Å². The maximum atomic E-state index is 13.2. The highest BCUT2D eigenvalue weighted by molar-refractivity contribution is 5.77. The quantitative estimate of drug-likeness (QED) is 0.195. The Morgan fingerprint density at radius 2 is 1.37 bits per heavy atom. The SMILES string of the molecule is CC(C)(C)OC(=O)N[C@H]1OC(=O)[C@H](Cc2ccc(-c3ccccc3)cc2)C1CCc1ccc(OCc2ccccc2)cc1. The van der Waals surface area contributed by atoms with Crippen LogP contribution in [0.15, 0.2) is 109 Å². The summed E-state index contributed by atoms with van der Waals surface area (Å²) in [7, 11) is 0. The van der Waals surface area contributed by atoms with Gasteiger partial charge in [0.15, 0.2) is 6.23 Å². The fourth-order valence-corrected chi connectivity index (χ4v) is 5.38. The van der Waals surface area contributed by atoms with E-state index in [2.05, 4.69) is 41.7 Å². The smallest absolute Gasteiger partial charge is 0.410 e. The standard InChI is InChI=1S/C37H39NO5/c1-37(2,3)43-36(40)38-34-32(23-18-26-16-21-31(22-17-26)41-25-28-10-6-4-7-11-28)33(35(39)42-34)24-27-14-19-30(20-15-27)29-12-8-5-9-13-29/h4-17,19-22,32-34H,18,23-25H2,1-3H3,(H,38,40)/t32?,33-,34+/m1/s1. The van der Waals surface area contributed by atoms with Crippen LogP contribution in [0.5, 0.6) is 5.75 Å². The van der Waals surface area contributed by atoms with Crippen LogP contribution in [0.1, 0.15) is 43.9 Å². The van der Waals surface area contributed by atoms with E-state index in [1.807, 2.05) is 72.8 Å². The van der Waals surface area contributed by atoms with Crippen LogP contribution in [-0.4, -0.2) is 23.9 Å². The lowest BCUT2D eigenvalue weighted by Gasteiger charge is -2.25. The molecular formula is C37H39NO5. The van der Waals surface area contributed by atoms with Crippen LogP contribution in [0.3, 0.4) is 0 Å². The lowest BCUT2D eigenvalue weighted by atomic mass is 9.83. The highest BCUT2D eigenvalue weighted by Gasteiger charge is 2.45. The van der Waals surface area contributed by atoms with Crippen LogP contribution < -0.4 is 10.1 Å². The first kappa shape index (κ1) is 29.9. The van der Waals surface area contributed by atoms with Crippen molar-refractivity contribution in [2.24, 2.45) is 11.8 Å². The van der Waals surface area contributed by atoms with Crippen molar-refractivity contribution in [3.63, 3.8) is 0 Å². The van der Waals surface area contributed by atoms with Gasteiger partial charge in [-0.1, -0.05) is 97.1 Å². The molecule has 1 aliphatic heterocycles. The highest BCUT2D eigenvalue weighted by atomic mass is 16.6. The minimum Gasteiger partial charge on any atom is -0.489 e. The van der Waals surface area contributed by atoms with Crippen molar-refractivity contribution >= 4 is 12.1 Å². The van der Waals surface area contributed by atoms with Gasteiger partial charge in [-0.2, -0.15) is 0 Å². The Kier molecular flexibility index (Phi) is 9.45. The second kappa shape index (κ2) is 13.6. The monoisotopic (exact) mass is 577 g/mol. The van der Waals surface area contributed by atoms with E-state index in [9.17, 15) is 9.59 Å². The number of hydrogen-bond acceptors (Lipinski definition) is 5. The number of amides is 1. The molecule has 0 spiro atoms. The van der Waals surface area contributed by atoms with Gasteiger partial charge < -0.3 is 14.2 Å². The van der Waals surface area contributed by atoms with Crippen LogP contribution in [0.2, 0.25) is 0 Å². The van der Waals surface area contributed by atoms with Crippen molar-refractivity contribution in [2.45, 2.75) is 58.5 Å². The minimum absolute atomic E-state index is 0.220. The van der Waals surface area contributed by atoms with Crippen molar-refractivity contribution in [3.05, 3.63) is 126 Å². The summed E-state index contributed by atoms with van der Waals surface area (Å²) in [5, 5.41) is 2.82. The number of alkyl carbamates (subject to hydrolysis) is 1. The molecule has 0 aromatic heterocycles. The number of benzene rings is 4. The van der Waals surface area contributed by atoms with Gasteiger partial charge in [0, 0.05) is 5.92 Å². The third-order valence-electron chi connectivity index (χ3n) is 7.57. The second-order valence-corrected chi connectivity index (χ2v) is 12.0. The van der Waals surface area contributed by atoms with E-state index in [0.29, 0.717) is 19.4 Å². The molecule has 0 radical (unpaired) electrons. The van der Waals surface area contributed by atoms with Gasteiger partial charge in [-0.3, -0.25) is 10.1 Å². The molecule has 1 fully saturated rings. The average Bonchev–Trinajstić information content (AvgIpc) is 3.28. The number of ether oxygens (including phenoxy) is 3. The van der Waals surface area contributed by atoms with Crippen molar-refractivity contribution in [1.82, 2.24) is 5.32 Å². The first-order valence-corrected chi connectivity index (χ1v) is 14.8. The second-order valence-electron chi connectivity index (χ2n) is 12.0. The fourth-order valence-electron chi connectivity index (χ4n) is 5.38. The van der Waals surface area contributed by atoms with Crippen molar-refractivity contribution < 1.29 is 23.8 Å². The molecule has 1 heterocycles. The normalized spacial score (nSPS) is 18.1. The van der Waals surface area contributed by atoms with Crippen LogP contribution in [0.25, 0.3) is 11.1 Å². The zero-order valence-corrected chi connectivity index (χ0v) is 25.0. The van der Waals surface area contributed by atoms with Gasteiger partial charge >= 0.3 is 12.1 Å². The first-order valence-electron chi connectivity index (χ1n) is 14.8. The Labute approximate surface area is 254 Å². The molecule has 0 aliphatic carbocycles. The molecule has 1 aliphatic rings. The molecule has 6 heteroatoms. The Morgan fingerprint density at radius 3 is 2.02 bits per heavy atom. The van der Waals surface area contributed by atoms with Gasteiger partial charge in [0.05, 0.1) is 5.92 Å². The predicted molar refractivity (Wildman–Crippen MR) is 167 cm³/mol. The molecule has 4 aromatic carbocycles. The minimum atomic E-state index is -0.760. The number of aryl methyl sites for hydroxylation is 1. The average molecular weight is 578 g/mol. The predicted octanol–water partition coefficient (Wildman–Crippen LogP) is 7.75. The van der Waals surface area contributed by atoms with E-state index >= 15 is 0 Å². The van der Waals surface area contributed by atoms with Crippen LogP contribution in [0, 0.1) is 11.8 Å². The Morgan fingerprint density at radius 1 is 0.767 bits per heavy atom. The molecule has 1 unspecified atom stereocenters. The third kappa shape index (κ3) is 8.48. The topological polar surface area (TPSA) is 73.9 Å². The number of nitrogens with one attached hydrogen (secondary N) is 1. The Hall–Kier alpha value is -4.58. The molecule has 6 nitrogen and oxygen atoms in total. The summed E-state index contributed by atoms with van der Waals surface area (Å²) in [6.45, 7) is 5.92. The molecular weight excluding hydrogens is 538 g/mol. The van der Waals surface area contributed by atoms with E-state index in [1.54, 1.807) is 20.8 Å². The van der Waals surface area contributed by atoms with E-state index in [4.69, 9.17) is 14.2 Å². The van der Waals surface area contributed by atoms with Crippen LogP contribution in [-0.2, 0) is 33.7 Å². The molecule has 4 aromatic rings. The summed E-state index contributed by atoms with van der Waals surface area (Å²) in [4.78, 5) is 25.8. The molecule has 3 atom stereocenters. The van der Waals surface area contributed by atoms with E-state index in [-0.39, 0.29) is 11.9 Å². The van der Waals surface area contributed by atoms with Crippen LogP contribution in [0.4, 0.5) is 4.79 Å². The summed E-state index contributed by atoms with van der Waals surface area (Å²) >= 11 is 0. The molecule has 1 saturated heterocycles. The zero-order valence-electron chi connectivity index (χ0n) is 25.0. The number of esters is 1. The Bertz CT molecular complexity index is 1480. The summed E-state index contributed by atoms with van der Waals surface area (Å²) in [5.41, 5.74) is 4.88.